The van der Waals surface area contributed by atoms with E-state index < -0.39 is 54.0 Å². The number of carbonyl (C=O) groups excluding carboxylic acids is 8. The van der Waals surface area contributed by atoms with Crippen LogP contribution in [0.1, 0.15) is 176 Å². The summed E-state index contributed by atoms with van der Waals surface area (Å²) in [5, 5.41) is 19.7. The Morgan fingerprint density at radius 2 is 1.46 bits per heavy atom. The average Bonchev–Trinajstić information content (AvgIpc) is 1.15. The van der Waals surface area contributed by atoms with Crippen LogP contribution in [0.3, 0.4) is 0 Å². The maximum absolute atomic E-state index is 14.5. The number of hydrogen-bond donors (Lipinski definition) is 4. The van der Waals surface area contributed by atoms with E-state index in [1.54, 1.807) is 57.9 Å². The van der Waals surface area contributed by atoms with Crippen molar-refractivity contribution >= 4 is 93.0 Å². The molecule has 7 aliphatic rings. The third kappa shape index (κ3) is 23.5. The van der Waals surface area contributed by atoms with Gasteiger partial charge in [-0.2, -0.15) is 10.1 Å². The van der Waals surface area contributed by atoms with Gasteiger partial charge < -0.3 is 74.5 Å². The molecule has 4 saturated heterocycles. The molecule has 11 heterocycles. The fourth-order valence-corrected chi connectivity index (χ4v) is 18.2. The molecule has 6 N–H and O–H groups in total. The van der Waals surface area contributed by atoms with Crippen LogP contribution in [0.25, 0.3) is 33.4 Å². The van der Waals surface area contributed by atoms with E-state index in [1.165, 1.54) is 11.2 Å². The number of Topliss-reactive ketones (excluding diaryl/α,β-unsaturated/α-hetero) is 3. The molecule has 6 aliphatic heterocycles. The van der Waals surface area contributed by atoms with Gasteiger partial charge in [-0.3, -0.25) is 33.7 Å². The van der Waals surface area contributed by atoms with E-state index in [0.29, 0.717) is 218 Å². The van der Waals surface area contributed by atoms with Gasteiger partial charge in [0.1, 0.15) is 59.3 Å². The van der Waals surface area contributed by atoms with Crippen molar-refractivity contribution in [3.8, 4) is 11.3 Å². The SMILES string of the molecule is CO[C@H]1CC2CCCC(O2)C(=O)C(=O)N2CCCC[C@H]2C(=O)O[C@H](CCC2CCC(OC(=O)NCc3cnc(N4CCN(C(=O)CCOCCN5CCN(c6ncc(C(=O)N7CCc8cc(Cn9nc(-c%10ccc%11oc(N)nc%11c%10)c%10c(N)ncnc%109)ccc8C7)cn6)CC5)CC4)nc3)CC2)CC(=O)[C@H](C)/C=C(\C)[C@@H](O)CC(=O)[C@H](C)C[C@H](C)/C=C/C=CC=C1C. The van der Waals surface area contributed by atoms with Crippen LogP contribution in [0, 0.1) is 23.7 Å². The van der Waals surface area contributed by atoms with Crippen molar-refractivity contribution < 1.29 is 71.6 Å². The van der Waals surface area contributed by atoms with E-state index in [1.807, 2.05) is 82.7 Å². The highest BCUT2D eigenvalue weighted by atomic mass is 16.6. The molecule has 2 bridgehead atoms. The Hall–Kier alpha value is -11.3. The Balaban J connectivity index is 0.474. The van der Waals surface area contributed by atoms with Gasteiger partial charge in [0.15, 0.2) is 11.2 Å². The number of aliphatic hydroxyl groups is 1. The second-order valence-electron chi connectivity index (χ2n) is 34.9. The first kappa shape index (κ1) is 91.0. The largest absolute Gasteiger partial charge is 0.460 e. The highest BCUT2D eigenvalue weighted by molar-refractivity contribution is 6.38. The molecule has 33 heteroatoms. The predicted octanol–water partition coefficient (Wildman–Crippen LogP) is 9.87. The molecule has 7 aromatic rings. The van der Waals surface area contributed by atoms with Crippen molar-refractivity contribution in [3.05, 3.63) is 143 Å². The molecule has 2 unspecified atom stereocenters. The van der Waals surface area contributed by atoms with Gasteiger partial charge in [0.05, 0.1) is 55.4 Å². The molecule has 126 heavy (non-hydrogen) atoms. The highest BCUT2D eigenvalue weighted by Crippen LogP contribution is 2.37. The molecule has 33 nitrogen and oxygen atoms in total. The van der Waals surface area contributed by atoms with Crippen molar-refractivity contribution in [2.45, 2.75) is 212 Å². The maximum atomic E-state index is 14.5. The van der Waals surface area contributed by atoms with Crippen LogP contribution in [0.2, 0.25) is 0 Å². The number of methoxy groups -OCH3 is 1. The molecule has 1 saturated carbocycles. The number of benzene rings is 2. The standard InChI is InChI=1S/C93H120N18O15/c1-58-13-8-7-9-14-59(2)80(121-6)48-71-15-12-17-79(123-71)84(116)88(118)110-30-11-10-16-74(110)89(119)124-72(47-75(112)61(4)44-62(5)77(114)49-76(113)60(3)43-58)26-21-63-19-24-70(25-20-63)125-93(120)100-52-65-50-96-91(97-51-65)108-38-36-106(37-39-108)81(115)29-41-122-42-40-105-32-34-107(35-33-105)92-98-53-69(54-99-92)87(117)109-31-28-66-45-64(18-22-68(66)56-109)55-111-86-82(85(94)101-57-102-86)83(104-111)67-23-27-78-73(46-67)103-90(95)126-78/h7-9,13-14,18,22-23,27,44-46,50-51,53-54,57-58,60-61,63,70-72,74,77,79-80,114H,10-12,15-17,19-21,24-26,28-43,47-49,52,55-56H2,1-6H3,(H2,95,103)(H,100,120)(H2,94,101,102)/b9-7?,13-8+,59-14?,62-44+/t58-,60-,61-,63?,70?,71?,72-,74+,77+,79?,80+/m1/s1. The van der Waals surface area contributed by atoms with Gasteiger partial charge >= 0.3 is 12.1 Å². The van der Waals surface area contributed by atoms with Crippen LogP contribution in [0.15, 0.2) is 120 Å². The van der Waals surface area contributed by atoms with Crippen molar-refractivity contribution in [3.63, 3.8) is 0 Å². The Morgan fingerprint density at radius 3 is 2.22 bits per heavy atom. The smallest absolute Gasteiger partial charge is 0.407 e. The molecule has 4 amide bonds. The Kier molecular flexibility index (Phi) is 30.9. The molecule has 0 radical (unpaired) electrons. The van der Waals surface area contributed by atoms with E-state index in [4.69, 9.17) is 44.7 Å². The minimum atomic E-state index is -1.09. The van der Waals surface area contributed by atoms with Crippen LogP contribution in [-0.2, 0) is 78.5 Å². The van der Waals surface area contributed by atoms with E-state index in [2.05, 4.69) is 68.2 Å². The molecule has 672 valence electrons. The number of oxazole rings is 1. The van der Waals surface area contributed by atoms with Gasteiger partial charge in [0, 0.05) is 159 Å². The van der Waals surface area contributed by atoms with E-state index in [-0.39, 0.29) is 97.8 Å². The van der Waals surface area contributed by atoms with Gasteiger partial charge in [-0.1, -0.05) is 75.4 Å². The lowest BCUT2D eigenvalue weighted by molar-refractivity contribution is -0.167. The number of ether oxygens (including phenoxy) is 5. The van der Waals surface area contributed by atoms with Crippen LogP contribution in [-0.4, -0.2) is 251 Å². The lowest BCUT2D eigenvalue weighted by atomic mass is 9.83. The number of nitrogens with one attached hydrogen (secondary N) is 1. The molecule has 9 atom stereocenters. The third-order valence-corrected chi connectivity index (χ3v) is 25.8. The van der Waals surface area contributed by atoms with E-state index >= 15 is 0 Å². The Bertz CT molecular complexity index is 5120. The Labute approximate surface area is 734 Å². The fraction of sp³-hybridized carbons (Fsp3) is 0.548. The van der Waals surface area contributed by atoms with Gasteiger partial charge in [-0.25, -0.2) is 44.2 Å². The van der Waals surface area contributed by atoms with Gasteiger partial charge in [-0.15, -0.1) is 0 Å². The number of aromatic nitrogens is 9. The molecule has 2 aromatic carbocycles. The van der Waals surface area contributed by atoms with Gasteiger partial charge in [0.2, 0.25) is 23.6 Å². The number of carbonyl (C=O) groups is 8. The monoisotopic (exact) mass is 1730 g/mol. The number of esters is 1. The summed E-state index contributed by atoms with van der Waals surface area (Å²) < 4.78 is 37.7. The number of amides is 4. The second kappa shape index (κ2) is 42.8. The molecule has 0 spiro atoms. The van der Waals surface area contributed by atoms with Crippen LogP contribution in [0.4, 0.5) is 28.5 Å². The first-order valence-corrected chi connectivity index (χ1v) is 44.8. The van der Waals surface area contributed by atoms with Gasteiger partial charge in [-0.05, 0) is 162 Å². The van der Waals surface area contributed by atoms with Crippen molar-refractivity contribution in [1.29, 1.82) is 0 Å². The summed E-state index contributed by atoms with van der Waals surface area (Å²) in [5.74, 6) is -1.87. The zero-order valence-electron chi connectivity index (χ0n) is 73.2. The average molecular weight is 1730 g/mol. The number of alkyl carbamates (subject to hydrolysis) is 1. The number of rotatable bonds is 19. The highest BCUT2D eigenvalue weighted by Gasteiger charge is 2.42. The summed E-state index contributed by atoms with van der Waals surface area (Å²) in [6, 6.07) is 10.9. The van der Waals surface area contributed by atoms with Crippen molar-refractivity contribution in [2.75, 3.05) is 114 Å². The van der Waals surface area contributed by atoms with Crippen LogP contribution in [0.5, 0.6) is 0 Å². The zero-order chi connectivity index (χ0) is 88.5. The Morgan fingerprint density at radius 1 is 0.706 bits per heavy atom. The zero-order valence-corrected chi connectivity index (χ0v) is 73.2. The minimum absolute atomic E-state index is 0.0278. The van der Waals surface area contributed by atoms with Crippen LogP contribution >= 0.6 is 0 Å². The number of hydrogen-bond acceptors (Lipinski definition) is 28. The fourth-order valence-electron chi connectivity index (χ4n) is 18.2. The normalized spacial score (nSPS) is 25.4. The summed E-state index contributed by atoms with van der Waals surface area (Å²) in [5.41, 5.74) is 21.2. The first-order chi connectivity index (χ1) is 60.9. The minimum Gasteiger partial charge on any atom is -0.460 e. The van der Waals surface area contributed by atoms with E-state index in [0.717, 1.165) is 60.3 Å². The summed E-state index contributed by atoms with van der Waals surface area (Å²) in [6.07, 6.45) is 23.7. The van der Waals surface area contributed by atoms with Gasteiger partial charge in [0.25, 0.3) is 17.8 Å². The van der Waals surface area contributed by atoms with Crippen molar-refractivity contribution in [1.82, 2.24) is 69.6 Å². The molecule has 5 fully saturated rings. The number of nitrogens with two attached hydrogens (primary N) is 2. The number of piperazine rings is 2. The number of aliphatic hydroxyl groups excluding tert-OH is 1. The number of piperidine rings is 1. The topological polar surface area (TPSA) is 408 Å². The summed E-state index contributed by atoms with van der Waals surface area (Å²) in [6.45, 7) is 17.8. The summed E-state index contributed by atoms with van der Waals surface area (Å²) in [4.78, 5) is 154. The molecule has 14 rings (SSSR count). The predicted molar refractivity (Wildman–Crippen MR) is 472 cm³/mol. The van der Waals surface area contributed by atoms with Crippen LogP contribution < -0.4 is 26.6 Å². The number of anilines is 4. The van der Waals surface area contributed by atoms with E-state index in [9.17, 15) is 43.5 Å². The molecular weight excluding hydrogens is 1610 g/mol. The second-order valence-corrected chi connectivity index (χ2v) is 34.9. The number of allylic oxidation sites excluding steroid dienone is 6. The quantitative estimate of drug-likeness (QED) is 0.0253. The number of ketones is 3. The number of nitrogen functional groups attached to an aromatic ring is 2. The number of nitrogens with zero attached hydrogens (tertiary/aromatic N) is 15. The first-order valence-electron chi connectivity index (χ1n) is 44.8. The molecule has 5 aromatic heterocycles. The maximum Gasteiger partial charge on any atom is 0.407 e. The third-order valence-electron chi connectivity index (χ3n) is 25.8. The number of fused-ring (bicyclic) bond motifs is 6. The lowest BCUT2D eigenvalue weighted by Crippen LogP contribution is -2.54. The summed E-state index contributed by atoms with van der Waals surface area (Å²) >= 11 is 0. The number of cyclic esters (lactones) is 1. The summed E-state index contributed by atoms with van der Waals surface area (Å²) in [7, 11) is 1.63. The molecular formula is C93H120N18O15. The molecule has 1 aliphatic carbocycles. The van der Waals surface area contributed by atoms with Crippen molar-refractivity contribution in [2.24, 2.45) is 23.7 Å². The lowest BCUT2D eigenvalue weighted by Gasteiger charge is -2.36.